The van der Waals surface area contributed by atoms with Crippen molar-refractivity contribution in [2.24, 2.45) is 0 Å². The van der Waals surface area contributed by atoms with E-state index >= 15 is 0 Å². The Morgan fingerprint density at radius 3 is 2.65 bits per heavy atom. The van der Waals surface area contributed by atoms with Gasteiger partial charge < -0.3 is 5.32 Å². The molecule has 8 heteroatoms. The highest BCUT2D eigenvalue weighted by atomic mass is 79.9. The number of nitrogens with one attached hydrogen (secondary N) is 2. The first-order chi connectivity index (χ1) is 11.0. The molecule has 0 spiro atoms. The number of aromatic amines is 1. The third kappa shape index (κ3) is 3.77. The van der Waals surface area contributed by atoms with E-state index in [0.29, 0.717) is 16.3 Å². The standard InChI is InChI=1S/C15H9Br2N3O2S/c16-10-7-12(23-14(10)17)15(22)18-9-3-1-2-8(6-9)11-4-5-13(21)20-19-11/h1-7H,(H,18,22)(H,20,21). The summed E-state index contributed by atoms with van der Waals surface area (Å²) >= 11 is 8.09. The van der Waals surface area contributed by atoms with E-state index in [2.05, 4.69) is 47.4 Å². The molecule has 0 aliphatic heterocycles. The van der Waals surface area contributed by atoms with Crippen molar-refractivity contribution in [3.8, 4) is 11.3 Å². The van der Waals surface area contributed by atoms with Crippen molar-refractivity contribution >= 4 is 54.8 Å². The lowest BCUT2D eigenvalue weighted by molar-refractivity contribution is 0.103. The fourth-order valence-corrected chi connectivity index (χ4v) is 3.84. The molecule has 1 aromatic carbocycles. The lowest BCUT2D eigenvalue weighted by Crippen LogP contribution is -2.10. The van der Waals surface area contributed by atoms with Crippen LogP contribution >= 0.6 is 43.2 Å². The molecule has 116 valence electrons. The van der Waals surface area contributed by atoms with Crippen LogP contribution in [-0.4, -0.2) is 16.1 Å². The summed E-state index contributed by atoms with van der Waals surface area (Å²) in [7, 11) is 0. The van der Waals surface area contributed by atoms with Crippen molar-refractivity contribution in [3.63, 3.8) is 0 Å². The Bertz CT molecular complexity index is 896. The minimum Gasteiger partial charge on any atom is -0.321 e. The summed E-state index contributed by atoms with van der Waals surface area (Å²) < 4.78 is 1.72. The molecule has 0 fully saturated rings. The first-order valence-corrected chi connectivity index (χ1v) is 8.85. The molecule has 0 atom stereocenters. The third-order valence-corrected chi connectivity index (χ3v) is 6.22. The number of thiophene rings is 1. The van der Waals surface area contributed by atoms with Gasteiger partial charge >= 0.3 is 0 Å². The molecule has 2 heterocycles. The lowest BCUT2D eigenvalue weighted by atomic mass is 10.1. The van der Waals surface area contributed by atoms with Crippen molar-refractivity contribution < 1.29 is 4.79 Å². The molecule has 0 aliphatic rings. The van der Waals surface area contributed by atoms with Gasteiger partial charge in [-0.05, 0) is 56.1 Å². The van der Waals surface area contributed by atoms with Crippen LogP contribution in [-0.2, 0) is 0 Å². The van der Waals surface area contributed by atoms with Crippen molar-refractivity contribution in [3.05, 3.63) is 66.0 Å². The van der Waals surface area contributed by atoms with Crippen LogP contribution in [0.4, 0.5) is 5.69 Å². The second-order valence-electron chi connectivity index (χ2n) is 4.57. The van der Waals surface area contributed by atoms with Crippen molar-refractivity contribution in [1.29, 1.82) is 0 Å². The van der Waals surface area contributed by atoms with Crippen LogP contribution in [0.3, 0.4) is 0 Å². The second-order valence-corrected chi connectivity index (χ2v) is 7.80. The van der Waals surface area contributed by atoms with Gasteiger partial charge in [-0.1, -0.05) is 12.1 Å². The minimum absolute atomic E-state index is 0.187. The van der Waals surface area contributed by atoms with Gasteiger partial charge in [-0.2, -0.15) is 5.10 Å². The van der Waals surface area contributed by atoms with Crippen LogP contribution in [0.25, 0.3) is 11.3 Å². The first-order valence-electron chi connectivity index (χ1n) is 6.45. The second kappa shape index (κ2) is 6.77. The SMILES string of the molecule is O=C(Nc1cccc(-c2ccc(=O)[nH]n2)c1)c1cc(Br)c(Br)s1. The molecule has 0 aliphatic carbocycles. The summed E-state index contributed by atoms with van der Waals surface area (Å²) in [5.74, 6) is -0.187. The average Bonchev–Trinajstić information content (AvgIpc) is 2.88. The lowest BCUT2D eigenvalue weighted by Gasteiger charge is -2.06. The Labute approximate surface area is 152 Å². The van der Waals surface area contributed by atoms with Gasteiger partial charge in [-0.15, -0.1) is 11.3 Å². The highest BCUT2D eigenvalue weighted by Gasteiger charge is 2.12. The molecule has 0 unspecified atom stereocenters. The van der Waals surface area contributed by atoms with Crippen molar-refractivity contribution in [2.75, 3.05) is 5.32 Å². The largest absolute Gasteiger partial charge is 0.321 e. The molecular formula is C15H9Br2N3O2S. The Balaban J connectivity index is 1.83. The van der Waals surface area contributed by atoms with Gasteiger partial charge in [-0.25, -0.2) is 5.10 Å². The Morgan fingerprint density at radius 2 is 2.00 bits per heavy atom. The molecule has 3 rings (SSSR count). The highest BCUT2D eigenvalue weighted by Crippen LogP contribution is 2.32. The van der Waals surface area contributed by atoms with E-state index < -0.39 is 0 Å². The van der Waals surface area contributed by atoms with Crippen LogP contribution in [0.15, 0.2) is 55.5 Å². The molecule has 0 saturated heterocycles. The molecule has 0 saturated carbocycles. The van der Waals surface area contributed by atoms with Crippen molar-refractivity contribution in [1.82, 2.24) is 10.2 Å². The summed E-state index contributed by atoms with van der Waals surface area (Å²) in [5, 5.41) is 9.22. The number of halogens is 2. The number of H-pyrrole nitrogens is 1. The molecule has 0 radical (unpaired) electrons. The number of rotatable bonds is 3. The predicted molar refractivity (Wildman–Crippen MR) is 98.0 cm³/mol. The van der Waals surface area contributed by atoms with Crippen LogP contribution < -0.4 is 10.9 Å². The molecule has 2 N–H and O–H groups in total. The van der Waals surface area contributed by atoms with Gasteiger partial charge in [0, 0.05) is 21.8 Å². The maximum Gasteiger partial charge on any atom is 0.265 e. The van der Waals surface area contributed by atoms with E-state index in [-0.39, 0.29) is 11.5 Å². The number of carbonyl (C=O) groups is 1. The van der Waals surface area contributed by atoms with E-state index in [1.807, 2.05) is 12.1 Å². The number of hydrogen-bond donors (Lipinski definition) is 2. The number of amides is 1. The quantitative estimate of drug-likeness (QED) is 0.620. The number of nitrogens with zero attached hydrogens (tertiary/aromatic N) is 1. The number of anilines is 1. The van der Waals surface area contributed by atoms with Gasteiger partial charge in [0.2, 0.25) is 0 Å². The van der Waals surface area contributed by atoms with E-state index in [0.717, 1.165) is 13.8 Å². The highest BCUT2D eigenvalue weighted by molar-refractivity contribution is 9.13. The van der Waals surface area contributed by atoms with Crippen molar-refractivity contribution in [2.45, 2.75) is 0 Å². The normalized spacial score (nSPS) is 10.5. The summed E-state index contributed by atoms with van der Waals surface area (Å²) in [4.78, 5) is 23.9. The summed E-state index contributed by atoms with van der Waals surface area (Å²) in [5.41, 5.74) is 1.82. The minimum atomic E-state index is -0.257. The number of carbonyl (C=O) groups excluding carboxylic acids is 1. The van der Waals surface area contributed by atoms with E-state index in [9.17, 15) is 9.59 Å². The number of hydrogen-bond acceptors (Lipinski definition) is 4. The predicted octanol–water partition coefficient (Wildman–Crippen LogP) is 4.28. The molecule has 0 bridgehead atoms. The number of aromatic nitrogens is 2. The van der Waals surface area contributed by atoms with Crippen LogP contribution in [0.2, 0.25) is 0 Å². The third-order valence-electron chi connectivity index (χ3n) is 2.96. The summed E-state index contributed by atoms with van der Waals surface area (Å²) in [6, 6.07) is 12.1. The van der Waals surface area contributed by atoms with Crippen LogP contribution in [0.1, 0.15) is 9.67 Å². The molecule has 23 heavy (non-hydrogen) atoms. The Morgan fingerprint density at radius 1 is 1.17 bits per heavy atom. The van der Waals surface area contributed by atoms with Crippen LogP contribution in [0.5, 0.6) is 0 Å². The fourth-order valence-electron chi connectivity index (χ4n) is 1.91. The molecule has 2 aromatic heterocycles. The van der Waals surface area contributed by atoms with Gasteiger partial charge in [0.15, 0.2) is 0 Å². The van der Waals surface area contributed by atoms with E-state index in [4.69, 9.17) is 0 Å². The van der Waals surface area contributed by atoms with Gasteiger partial charge in [0.05, 0.1) is 14.4 Å². The van der Waals surface area contributed by atoms with Crippen LogP contribution in [0, 0.1) is 0 Å². The first kappa shape index (κ1) is 16.1. The van der Waals surface area contributed by atoms with Gasteiger partial charge in [0.25, 0.3) is 11.5 Å². The zero-order valence-corrected chi connectivity index (χ0v) is 15.5. The maximum absolute atomic E-state index is 12.3. The molecule has 1 amide bonds. The fraction of sp³-hybridized carbons (Fsp3) is 0. The zero-order chi connectivity index (χ0) is 16.4. The monoisotopic (exact) mass is 453 g/mol. The summed E-state index contributed by atoms with van der Waals surface area (Å²) in [6.07, 6.45) is 0. The molecule has 3 aromatic rings. The van der Waals surface area contributed by atoms with Gasteiger partial charge in [-0.3, -0.25) is 9.59 Å². The maximum atomic E-state index is 12.3. The smallest absolute Gasteiger partial charge is 0.265 e. The Kier molecular flexibility index (Phi) is 4.74. The number of benzene rings is 1. The zero-order valence-electron chi connectivity index (χ0n) is 11.5. The topological polar surface area (TPSA) is 74.8 Å². The Hall–Kier alpha value is -1.77. The average molecular weight is 455 g/mol. The van der Waals surface area contributed by atoms with E-state index in [1.54, 1.807) is 24.3 Å². The molecular weight excluding hydrogens is 446 g/mol. The van der Waals surface area contributed by atoms with E-state index in [1.165, 1.54) is 17.4 Å². The molecule has 5 nitrogen and oxygen atoms in total. The van der Waals surface area contributed by atoms with Gasteiger partial charge in [0.1, 0.15) is 0 Å². The summed E-state index contributed by atoms with van der Waals surface area (Å²) in [6.45, 7) is 0.